The smallest absolute Gasteiger partial charge is 0.354 e. The van der Waals surface area contributed by atoms with Crippen molar-refractivity contribution in [1.82, 2.24) is 10.8 Å². The second-order valence-electron chi connectivity index (χ2n) is 3.26. The molecule has 0 aromatic carbocycles. The number of hydrogen-bond acceptors (Lipinski definition) is 3. The highest BCUT2D eigenvalue weighted by atomic mass is 16.7. The number of hydrogen-bond donors (Lipinski definition) is 2. The predicted molar refractivity (Wildman–Crippen MR) is 43.0 cm³/mol. The van der Waals surface area contributed by atoms with Gasteiger partial charge in [-0.1, -0.05) is 0 Å². The van der Waals surface area contributed by atoms with E-state index in [-0.39, 0.29) is 5.54 Å². The summed E-state index contributed by atoms with van der Waals surface area (Å²) in [7, 11) is 0. The van der Waals surface area contributed by atoms with Crippen molar-refractivity contribution in [3.8, 4) is 0 Å². The molecule has 4 heteroatoms. The van der Waals surface area contributed by atoms with Crippen LogP contribution in [0, 0.1) is 0 Å². The lowest BCUT2D eigenvalue weighted by molar-refractivity contribution is 0.0861. The van der Waals surface area contributed by atoms with E-state index in [0.29, 0.717) is 6.54 Å². The van der Waals surface area contributed by atoms with Crippen LogP contribution in [0.15, 0.2) is 0 Å². The molecule has 2 N–H and O–H groups in total. The van der Waals surface area contributed by atoms with Gasteiger partial charge in [0, 0.05) is 12.1 Å². The highest BCUT2D eigenvalue weighted by molar-refractivity contribution is 5.67. The van der Waals surface area contributed by atoms with E-state index < -0.39 is 6.09 Å². The Morgan fingerprint density at radius 2 is 2.00 bits per heavy atom. The molecule has 1 amide bonds. The minimum Gasteiger partial charge on any atom is -0.354 e. The first-order valence-electron chi connectivity index (χ1n) is 3.67. The van der Waals surface area contributed by atoms with Crippen LogP contribution in [-0.4, -0.2) is 18.2 Å². The SMILES string of the molecule is CCNOC(=O)NC(C)(C)C. The third-order valence-electron chi connectivity index (χ3n) is 0.786. The van der Waals surface area contributed by atoms with E-state index in [1.807, 2.05) is 27.7 Å². The van der Waals surface area contributed by atoms with E-state index in [9.17, 15) is 4.79 Å². The number of carbonyl (C=O) groups excluding carboxylic acids is 1. The van der Waals surface area contributed by atoms with Crippen molar-refractivity contribution in [2.24, 2.45) is 0 Å². The summed E-state index contributed by atoms with van der Waals surface area (Å²) in [4.78, 5) is 15.4. The van der Waals surface area contributed by atoms with Crippen LogP contribution in [0.1, 0.15) is 27.7 Å². The number of hydroxylamine groups is 1. The topological polar surface area (TPSA) is 50.4 Å². The molecule has 0 spiro atoms. The summed E-state index contributed by atoms with van der Waals surface area (Å²) in [6.07, 6.45) is -0.445. The first-order valence-corrected chi connectivity index (χ1v) is 3.67. The van der Waals surface area contributed by atoms with Crippen molar-refractivity contribution in [1.29, 1.82) is 0 Å². The fourth-order valence-electron chi connectivity index (χ4n) is 0.469. The third kappa shape index (κ3) is 7.12. The summed E-state index contributed by atoms with van der Waals surface area (Å²) in [5, 5.41) is 2.63. The average molecular weight is 160 g/mol. The number of carbonyl (C=O) groups is 1. The molecule has 0 saturated carbocycles. The number of nitrogens with one attached hydrogen (secondary N) is 2. The Morgan fingerprint density at radius 1 is 1.45 bits per heavy atom. The van der Waals surface area contributed by atoms with Gasteiger partial charge in [-0.15, -0.1) is 0 Å². The van der Waals surface area contributed by atoms with Crippen molar-refractivity contribution in [2.75, 3.05) is 6.54 Å². The molecule has 0 atom stereocenters. The normalized spacial score (nSPS) is 10.9. The third-order valence-corrected chi connectivity index (χ3v) is 0.786. The lowest BCUT2D eigenvalue weighted by atomic mass is 10.1. The summed E-state index contributed by atoms with van der Waals surface area (Å²) in [5.41, 5.74) is 2.22. The molecule has 0 aliphatic heterocycles. The fraction of sp³-hybridized carbons (Fsp3) is 0.857. The van der Waals surface area contributed by atoms with Gasteiger partial charge in [-0.25, -0.2) is 4.79 Å². The molecular weight excluding hydrogens is 144 g/mol. The summed E-state index contributed by atoms with van der Waals surface area (Å²) in [6.45, 7) is 8.13. The fourth-order valence-corrected chi connectivity index (χ4v) is 0.469. The molecule has 0 bridgehead atoms. The van der Waals surface area contributed by atoms with Gasteiger partial charge < -0.3 is 10.2 Å². The summed E-state index contributed by atoms with van der Waals surface area (Å²) in [5.74, 6) is 0. The Morgan fingerprint density at radius 3 is 2.36 bits per heavy atom. The van der Waals surface area contributed by atoms with Gasteiger partial charge in [-0.05, 0) is 27.7 Å². The molecule has 0 aliphatic rings. The van der Waals surface area contributed by atoms with Gasteiger partial charge >= 0.3 is 6.09 Å². The van der Waals surface area contributed by atoms with Crippen LogP contribution >= 0.6 is 0 Å². The Balaban J connectivity index is 3.53. The quantitative estimate of drug-likeness (QED) is 0.593. The Kier molecular flexibility index (Phi) is 3.89. The molecule has 0 rings (SSSR count). The van der Waals surface area contributed by atoms with Gasteiger partial charge in [0.15, 0.2) is 0 Å². The molecule has 66 valence electrons. The van der Waals surface area contributed by atoms with E-state index >= 15 is 0 Å². The molecule has 11 heavy (non-hydrogen) atoms. The molecule has 0 aromatic heterocycles. The zero-order valence-electron chi connectivity index (χ0n) is 7.52. The predicted octanol–water partition coefficient (Wildman–Crippen LogP) is 1.04. The van der Waals surface area contributed by atoms with Crippen molar-refractivity contribution >= 4 is 6.09 Å². The molecule has 4 nitrogen and oxygen atoms in total. The molecule has 0 unspecified atom stereocenters. The average Bonchev–Trinajstić information content (AvgIpc) is 1.79. The van der Waals surface area contributed by atoms with Gasteiger partial charge in [0.05, 0.1) is 0 Å². The van der Waals surface area contributed by atoms with Gasteiger partial charge in [-0.3, -0.25) is 0 Å². The van der Waals surface area contributed by atoms with E-state index in [2.05, 4.69) is 15.6 Å². The zero-order chi connectivity index (χ0) is 8.91. The van der Waals surface area contributed by atoms with Gasteiger partial charge in [0.2, 0.25) is 0 Å². The molecule has 0 radical (unpaired) electrons. The maximum atomic E-state index is 10.8. The van der Waals surface area contributed by atoms with Crippen LogP contribution in [0.25, 0.3) is 0 Å². The van der Waals surface area contributed by atoms with Crippen molar-refractivity contribution in [3.05, 3.63) is 0 Å². The van der Waals surface area contributed by atoms with E-state index in [1.165, 1.54) is 0 Å². The molecule has 0 aromatic rings. The molecule has 0 aliphatic carbocycles. The minimum atomic E-state index is -0.445. The Bertz CT molecular complexity index is 129. The van der Waals surface area contributed by atoms with Crippen LogP contribution < -0.4 is 10.8 Å². The van der Waals surface area contributed by atoms with E-state index in [4.69, 9.17) is 0 Å². The lowest BCUT2D eigenvalue weighted by Gasteiger charge is -2.19. The maximum Gasteiger partial charge on any atom is 0.426 e. The molecule has 0 saturated heterocycles. The Hall–Kier alpha value is -0.770. The standard InChI is InChI=1S/C7H16N2O2/c1-5-8-11-6(10)9-7(2,3)4/h8H,5H2,1-4H3,(H,9,10). The highest BCUT2D eigenvalue weighted by Crippen LogP contribution is 1.97. The summed E-state index contributed by atoms with van der Waals surface area (Å²) >= 11 is 0. The van der Waals surface area contributed by atoms with Crippen LogP contribution in [0.5, 0.6) is 0 Å². The van der Waals surface area contributed by atoms with E-state index in [1.54, 1.807) is 0 Å². The van der Waals surface area contributed by atoms with E-state index in [0.717, 1.165) is 0 Å². The maximum absolute atomic E-state index is 10.8. The zero-order valence-corrected chi connectivity index (χ0v) is 7.52. The van der Waals surface area contributed by atoms with Crippen LogP contribution in [0.2, 0.25) is 0 Å². The summed E-state index contributed by atoms with van der Waals surface area (Å²) < 4.78 is 0. The van der Waals surface area contributed by atoms with Crippen molar-refractivity contribution in [2.45, 2.75) is 33.2 Å². The van der Waals surface area contributed by atoms with Gasteiger partial charge in [0.1, 0.15) is 0 Å². The second kappa shape index (κ2) is 4.18. The van der Waals surface area contributed by atoms with Crippen LogP contribution in [0.3, 0.4) is 0 Å². The first-order chi connectivity index (χ1) is 4.95. The van der Waals surface area contributed by atoms with Crippen LogP contribution in [0.4, 0.5) is 4.79 Å². The second-order valence-corrected chi connectivity index (χ2v) is 3.26. The molecule has 0 heterocycles. The number of amides is 1. The van der Waals surface area contributed by atoms with Crippen molar-refractivity contribution in [3.63, 3.8) is 0 Å². The van der Waals surface area contributed by atoms with Crippen molar-refractivity contribution < 1.29 is 9.63 Å². The number of rotatable bonds is 2. The van der Waals surface area contributed by atoms with Gasteiger partial charge in [-0.2, -0.15) is 5.48 Å². The highest BCUT2D eigenvalue weighted by Gasteiger charge is 2.13. The molecular formula is C7H16N2O2. The monoisotopic (exact) mass is 160 g/mol. The van der Waals surface area contributed by atoms with Crippen LogP contribution in [-0.2, 0) is 4.84 Å². The minimum absolute atomic E-state index is 0.244. The molecule has 0 fully saturated rings. The summed E-state index contributed by atoms with van der Waals surface area (Å²) in [6, 6.07) is 0. The largest absolute Gasteiger partial charge is 0.426 e. The Labute approximate surface area is 67.3 Å². The first kappa shape index (κ1) is 10.2. The lowest BCUT2D eigenvalue weighted by Crippen LogP contribution is -2.42. The van der Waals surface area contributed by atoms with Gasteiger partial charge in [0.25, 0.3) is 0 Å².